The van der Waals surface area contributed by atoms with Crippen molar-refractivity contribution in [3.63, 3.8) is 0 Å². The van der Waals surface area contributed by atoms with Crippen LogP contribution in [0.1, 0.15) is 39.1 Å². The quantitative estimate of drug-likeness (QED) is 0.278. The average Bonchev–Trinajstić information content (AvgIpc) is 3.41. The molecule has 0 saturated heterocycles. The molecule has 34 heavy (non-hydrogen) atoms. The lowest BCUT2D eigenvalue weighted by Crippen LogP contribution is -2.36. The Hall–Kier alpha value is -3.84. The number of aromatic nitrogens is 6. The van der Waals surface area contributed by atoms with Crippen molar-refractivity contribution >= 4 is 23.9 Å². The highest BCUT2D eigenvalue weighted by Gasteiger charge is 2.40. The zero-order chi connectivity index (χ0) is 24.9. The van der Waals surface area contributed by atoms with Crippen molar-refractivity contribution in [1.82, 2.24) is 30.0 Å². The summed E-state index contributed by atoms with van der Waals surface area (Å²) in [6.07, 6.45) is 2.84. The first kappa shape index (κ1) is 24.8. The van der Waals surface area contributed by atoms with Crippen LogP contribution in [0.15, 0.2) is 12.4 Å². The Kier molecular flexibility index (Phi) is 7.27. The molecule has 4 bridgehead atoms. The highest BCUT2D eigenvalue weighted by atomic mass is 16.6. The second kappa shape index (κ2) is 9.97. The fourth-order valence-electron chi connectivity index (χ4n) is 2.64. The van der Waals surface area contributed by atoms with E-state index in [1.807, 2.05) is 0 Å². The summed E-state index contributed by atoms with van der Waals surface area (Å²) in [6.45, 7) is 5.34. The lowest BCUT2D eigenvalue weighted by atomic mass is 9.94. The predicted octanol–water partition coefficient (Wildman–Crippen LogP) is -0.191. The summed E-state index contributed by atoms with van der Waals surface area (Å²) in [5, 5.41) is 15.3. The molecule has 14 nitrogen and oxygen atoms in total. The van der Waals surface area contributed by atoms with Crippen molar-refractivity contribution in [2.45, 2.75) is 54.0 Å². The maximum Gasteiger partial charge on any atom is 0.327 e. The van der Waals surface area contributed by atoms with Crippen molar-refractivity contribution in [2.24, 2.45) is 10.8 Å². The molecule has 0 saturated carbocycles. The molecule has 0 aliphatic carbocycles. The second-order valence-electron chi connectivity index (χ2n) is 9.08. The van der Waals surface area contributed by atoms with E-state index in [0.717, 1.165) is 0 Å². The summed E-state index contributed by atoms with van der Waals surface area (Å²) >= 11 is 0. The van der Waals surface area contributed by atoms with Gasteiger partial charge in [0.2, 0.25) is 0 Å². The van der Waals surface area contributed by atoms with Crippen LogP contribution in [0.5, 0.6) is 0 Å². The standard InChI is InChI=1S/C20H26N6O8/c1-19(2)11-33-15(27)7-25-5-13(21-23-25)9-31-17(29)20(3,4)18(30)32-10-14-6-26(24-22-14)8-16(28)34-12-19/h5-6H,7-12H2,1-4H3. The molecule has 0 fully saturated rings. The van der Waals surface area contributed by atoms with Gasteiger partial charge in [-0.05, 0) is 13.8 Å². The third kappa shape index (κ3) is 6.59. The van der Waals surface area contributed by atoms with Crippen LogP contribution in [0.3, 0.4) is 0 Å². The normalized spacial score (nSPS) is 20.1. The zero-order valence-corrected chi connectivity index (χ0v) is 19.3. The van der Waals surface area contributed by atoms with Gasteiger partial charge in [-0.2, -0.15) is 0 Å². The monoisotopic (exact) mass is 478 g/mol. The van der Waals surface area contributed by atoms with Crippen LogP contribution in [0, 0.1) is 10.8 Å². The summed E-state index contributed by atoms with van der Waals surface area (Å²) in [5.74, 6) is -2.81. The largest absolute Gasteiger partial charge is 0.464 e. The van der Waals surface area contributed by atoms with E-state index in [0.29, 0.717) is 0 Å². The third-order valence-electron chi connectivity index (χ3n) is 4.73. The van der Waals surface area contributed by atoms with Crippen LogP contribution in [0.4, 0.5) is 0 Å². The van der Waals surface area contributed by atoms with Crippen molar-refractivity contribution in [3.05, 3.63) is 23.8 Å². The van der Waals surface area contributed by atoms with Crippen LogP contribution in [-0.4, -0.2) is 67.1 Å². The maximum absolute atomic E-state index is 12.5. The van der Waals surface area contributed by atoms with E-state index < -0.39 is 34.7 Å². The Morgan fingerprint density at radius 2 is 1.12 bits per heavy atom. The van der Waals surface area contributed by atoms with Gasteiger partial charge in [0, 0.05) is 5.41 Å². The number of rotatable bonds is 0. The molecular weight excluding hydrogens is 452 g/mol. The molecule has 1 aliphatic rings. The Bertz CT molecular complexity index is 993. The number of nitrogens with zero attached hydrogens (tertiary/aromatic N) is 6. The molecule has 184 valence electrons. The molecular formula is C20H26N6O8. The summed E-state index contributed by atoms with van der Waals surface area (Å²) < 4.78 is 23.4. The topological polar surface area (TPSA) is 167 Å². The number of esters is 4. The van der Waals surface area contributed by atoms with Gasteiger partial charge in [-0.25, -0.2) is 9.36 Å². The Balaban J connectivity index is 1.74. The van der Waals surface area contributed by atoms with Gasteiger partial charge < -0.3 is 18.9 Å². The van der Waals surface area contributed by atoms with Gasteiger partial charge in [0.05, 0.1) is 25.6 Å². The summed E-state index contributed by atoms with van der Waals surface area (Å²) in [5.41, 5.74) is -1.70. The number of hydrogen-bond donors (Lipinski definition) is 0. The summed E-state index contributed by atoms with van der Waals surface area (Å²) in [7, 11) is 0. The Morgan fingerprint density at radius 3 is 1.53 bits per heavy atom. The van der Waals surface area contributed by atoms with Crippen molar-refractivity contribution < 1.29 is 38.1 Å². The van der Waals surface area contributed by atoms with Gasteiger partial charge in [0.25, 0.3) is 0 Å². The number of cyclic esters (lactones) is 4. The van der Waals surface area contributed by atoms with Crippen molar-refractivity contribution in [1.29, 1.82) is 0 Å². The molecule has 2 aromatic heterocycles. The minimum atomic E-state index is -1.61. The van der Waals surface area contributed by atoms with Gasteiger partial charge in [0.15, 0.2) is 5.41 Å². The highest BCUT2D eigenvalue weighted by Crippen LogP contribution is 2.21. The zero-order valence-electron chi connectivity index (χ0n) is 19.3. The smallest absolute Gasteiger partial charge is 0.327 e. The van der Waals surface area contributed by atoms with Crippen LogP contribution < -0.4 is 0 Å². The van der Waals surface area contributed by atoms with Crippen LogP contribution in [-0.2, 0) is 64.4 Å². The highest BCUT2D eigenvalue weighted by molar-refractivity contribution is 5.99. The summed E-state index contributed by atoms with van der Waals surface area (Å²) in [6, 6.07) is 0. The molecule has 1 aliphatic heterocycles. The molecule has 0 unspecified atom stereocenters. The molecule has 0 spiro atoms. The van der Waals surface area contributed by atoms with Crippen molar-refractivity contribution in [2.75, 3.05) is 13.2 Å². The molecule has 0 aromatic carbocycles. The van der Waals surface area contributed by atoms with Crippen LogP contribution in [0.25, 0.3) is 0 Å². The van der Waals surface area contributed by atoms with Gasteiger partial charge >= 0.3 is 23.9 Å². The van der Waals surface area contributed by atoms with Gasteiger partial charge in [-0.1, -0.05) is 24.3 Å². The maximum atomic E-state index is 12.5. The van der Waals surface area contributed by atoms with Crippen LogP contribution >= 0.6 is 0 Å². The van der Waals surface area contributed by atoms with Crippen molar-refractivity contribution in [3.8, 4) is 0 Å². The fraction of sp³-hybridized carbons (Fsp3) is 0.600. The second-order valence-corrected chi connectivity index (χ2v) is 9.08. The average molecular weight is 478 g/mol. The lowest BCUT2D eigenvalue weighted by molar-refractivity contribution is -0.171. The molecule has 2 aromatic rings. The molecule has 0 N–H and O–H groups in total. The van der Waals surface area contributed by atoms with E-state index in [9.17, 15) is 19.2 Å². The van der Waals surface area contributed by atoms with E-state index >= 15 is 0 Å². The lowest BCUT2D eigenvalue weighted by Gasteiger charge is -2.23. The first-order chi connectivity index (χ1) is 15.9. The van der Waals surface area contributed by atoms with Gasteiger partial charge in [-0.15, -0.1) is 10.2 Å². The SMILES string of the molecule is CC1(C)COC(=O)Cn2cc(nn2)COC(=O)C(C)(C)C(=O)OCc2cn(nn2)CC(=O)OC1. The minimum Gasteiger partial charge on any atom is -0.464 e. The number of carbonyl (C=O) groups excluding carboxylic acids is 4. The fourth-order valence-corrected chi connectivity index (χ4v) is 2.64. The molecule has 3 heterocycles. The molecule has 0 radical (unpaired) electrons. The van der Waals surface area contributed by atoms with E-state index in [2.05, 4.69) is 20.6 Å². The van der Waals surface area contributed by atoms with E-state index in [1.165, 1.54) is 35.6 Å². The van der Waals surface area contributed by atoms with Gasteiger partial charge in [0.1, 0.15) is 37.7 Å². The van der Waals surface area contributed by atoms with E-state index in [4.69, 9.17) is 18.9 Å². The minimum absolute atomic E-state index is 0.00615. The Labute approximate surface area is 194 Å². The number of carbonyl (C=O) groups is 4. The first-order valence-electron chi connectivity index (χ1n) is 10.4. The van der Waals surface area contributed by atoms with E-state index in [-0.39, 0.29) is 50.9 Å². The van der Waals surface area contributed by atoms with Crippen LogP contribution in [0.2, 0.25) is 0 Å². The summed E-state index contributed by atoms with van der Waals surface area (Å²) in [4.78, 5) is 49.2. The third-order valence-corrected chi connectivity index (χ3v) is 4.73. The van der Waals surface area contributed by atoms with E-state index in [1.54, 1.807) is 13.8 Å². The number of ether oxygens (including phenoxy) is 4. The molecule has 0 amide bonds. The molecule has 14 heteroatoms. The predicted molar refractivity (Wildman–Crippen MR) is 109 cm³/mol. The number of fused-ring (bicyclic) bond motifs is 4. The number of hydrogen-bond acceptors (Lipinski definition) is 12. The Morgan fingerprint density at radius 1 is 0.706 bits per heavy atom. The molecule has 3 rings (SSSR count). The van der Waals surface area contributed by atoms with Gasteiger partial charge in [-0.3, -0.25) is 19.2 Å². The first-order valence-corrected chi connectivity index (χ1v) is 10.4. The molecule has 0 atom stereocenters.